The van der Waals surface area contributed by atoms with Gasteiger partial charge in [0.15, 0.2) is 0 Å². The first-order valence-corrected chi connectivity index (χ1v) is 7.13. The molecule has 1 aromatic heterocycles. The molecule has 5 nitrogen and oxygen atoms in total. The van der Waals surface area contributed by atoms with Crippen LogP contribution in [0.5, 0.6) is 0 Å². The quantitative estimate of drug-likeness (QED) is 0.915. The molecule has 0 aliphatic carbocycles. The number of carbonyl (C=O) groups is 1. The number of hydrogen-bond donors (Lipinski definition) is 1. The summed E-state index contributed by atoms with van der Waals surface area (Å²) >= 11 is 0. The molecule has 0 saturated carbocycles. The Labute approximate surface area is 122 Å². The lowest BCUT2D eigenvalue weighted by Crippen LogP contribution is -2.41. The van der Waals surface area contributed by atoms with Crippen LogP contribution >= 0.6 is 0 Å². The average molecular weight is 286 g/mol. The van der Waals surface area contributed by atoms with Crippen LogP contribution in [0, 0.1) is 0 Å². The van der Waals surface area contributed by atoms with Crippen molar-refractivity contribution in [2.24, 2.45) is 0 Å². The van der Waals surface area contributed by atoms with Crippen LogP contribution in [0.1, 0.15) is 23.2 Å². The molecule has 1 aromatic carbocycles. The van der Waals surface area contributed by atoms with E-state index in [1.54, 1.807) is 12.0 Å². The van der Waals surface area contributed by atoms with E-state index >= 15 is 0 Å². The third-order valence-corrected chi connectivity index (χ3v) is 4.04. The lowest BCUT2D eigenvalue weighted by Gasteiger charge is -2.31. The highest BCUT2D eigenvalue weighted by molar-refractivity contribution is 6.05. The summed E-state index contributed by atoms with van der Waals surface area (Å²) in [6.45, 7) is 1.33. The number of pyridine rings is 1. The van der Waals surface area contributed by atoms with Gasteiger partial charge >= 0.3 is 0 Å². The minimum absolute atomic E-state index is 0.0770. The van der Waals surface area contributed by atoms with Crippen molar-refractivity contribution in [3.8, 4) is 0 Å². The van der Waals surface area contributed by atoms with Gasteiger partial charge in [-0.3, -0.25) is 9.59 Å². The van der Waals surface area contributed by atoms with E-state index in [1.807, 2.05) is 24.3 Å². The summed E-state index contributed by atoms with van der Waals surface area (Å²) < 4.78 is 5.32. The fourth-order valence-electron chi connectivity index (χ4n) is 2.85. The SMILES string of the molecule is COC1CCN(C(=O)c2cc(=O)[nH]c3ccccc23)CC1. The van der Waals surface area contributed by atoms with E-state index in [-0.39, 0.29) is 17.6 Å². The number of H-pyrrole nitrogens is 1. The number of hydrogen-bond acceptors (Lipinski definition) is 3. The number of ether oxygens (including phenoxy) is 1. The molecule has 1 amide bonds. The Bertz CT molecular complexity index is 715. The zero-order chi connectivity index (χ0) is 14.8. The van der Waals surface area contributed by atoms with Crippen LogP contribution in [0.15, 0.2) is 35.1 Å². The van der Waals surface area contributed by atoms with Crippen molar-refractivity contribution in [2.75, 3.05) is 20.2 Å². The normalized spacial score (nSPS) is 16.3. The van der Waals surface area contributed by atoms with Gasteiger partial charge in [0.2, 0.25) is 5.56 Å². The van der Waals surface area contributed by atoms with E-state index in [1.165, 1.54) is 6.07 Å². The number of aromatic amines is 1. The molecular weight excluding hydrogens is 268 g/mol. The molecule has 1 N–H and O–H groups in total. The number of piperidine rings is 1. The van der Waals surface area contributed by atoms with Crippen molar-refractivity contribution in [1.29, 1.82) is 0 Å². The van der Waals surface area contributed by atoms with Gasteiger partial charge in [0.25, 0.3) is 5.91 Å². The number of fused-ring (bicyclic) bond motifs is 1. The predicted octanol–water partition coefficient (Wildman–Crippen LogP) is 1.78. The molecule has 0 radical (unpaired) electrons. The fourth-order valence-corrected chi connectivity index (χ4v) is 2.85. The molecule has 2 aromatic rings. The van der Waals surface area contributed by atoms with Gasteiger partial charge in [0, 0.05) is 37.2 Å². The summed E-state index contributed by atoms with van der Waals surface area (Å²) in [6, 6.07) is 8.78. The molecule has 2 heterocycles. The van der Waals surface area contributed by atoms with Crippen molar-refractivity contribution in [3.63, 3.8) is 0 Å². The van der Waals surface area contributed by atoms with Crippen LogP contribution in [0.4, 0.5) is 0 Å². The van der Waals surface area contributed by atoms with E-state index in [2.05, 4.69) is 4.98 Å². The summed E-state index contributed by atoms with van der Waals surface area (Å²) in [5, 5.41) is 0.788. The number of rotatable bonds is 2. The molecule has 110 valence electrons. The summed E-state index contributed by atoms with van der Waals surface area (Å²) in [5.41, 5.74) is 0.925. The highest BCUT2D eigenvalue weighted by Crippen LogP contribution is 2.20. The van der Waals surface area contributed by atoms with Crippen molar-refractivity contribution in [3.05, 3.63) is 46.2 Å². The lowest BCUT2D eigenvalue weighted by molar-refractivity contribution is 0.0351. The smallest absolute Gasteiger partial charge is 0.254 e. The molecule has 1 fully saturated rings. The first kappa shape index (κ1) is 13.8. The standard InChI is InChI=1S/C16H18N2O3/c1-21-11-6-8-18(9-7-11)16(20)13-10-15(19)17-14-5-3-2-4-12(13)14/h2-5,10-11H,6-9H2,1H3,(H,17,19). The van der Waals surface area contributed by atoms with E-state index in [0.29, 0.717) is 24.2 Å². The van der Waals surface area contributed by atoms with Gasteiger partial charge in [0.1, 0.15) is 0 Å². The summed E-state index contributed by atoms with van der Waals surface area (Å²) in [4.78, 5) is 29.0. The Morgan fingerprint density at radius 3 is 2.71 bits per heavy atom. The zero-order valence-electron chi connectivity index (χ0n) is 12.0. The minimum Gasteiger partial charge on any atom is -0.381 e. The van der Waals surface area contributed by atoms with Gasteiger partial charge in [-0.2, -0.15) is 0 Å². The Balaban J connectivity index is 1.93. The van der Waals surface area contributed by atoms with Gasteiger partial charge in [-0.05, 0) is 18.9 Å². The summed E-state index contributed by atoms with van der Waals surface area (Å²) in [5.74, 6) is -0.0770. The van der Waals surface area contributed by atoms with E-state index in [4.69, 9.17) is 4.74 Å². The van der Waals surface area contributed by atoms with Crippen molar-refractivity contribution in [1.82, 2.24) is 9.88 Å². The Hall–Kier alpha value is -2.14. The molecule has 1 saturated heterocycles. The largest absolute Gasteiger partial charge is 0.381 e. The van der Waals surface area contributed by atoms with Gasteiger partial charge < -0.3 is 14.6 Å². The van der Waals surface area contributed by atoms with Crippen molar-refractivity contribution < 1.29 is 9.53 Å². The first-order chi connectivity index (χ1) is 10.2. The average Bonchev–Trinajstić information content (AvgIpc) is 2.53. The highest BCUT2D eigenvalue weighted by atomic mass is 16.5. The number of amides is 1. The maximum absolute atomic E-state index is 12.7. The van der Waals surface area contributed by atoms with Crippen LogP contribution in [-0.4, -0.2) is 42.1 Å². The Morgan fingerprint density at radius 1 is 1.29 bits per heavy atom. The monoisotopic (exact) mass is 286 g/mol. The van der Waals surface area contributed by atoms with Gasteiger partial charge in [-0.1, -0.05) is 18.2 Å². The number of nitrogens with one attached hydrogen (secondary N) is 1. The molecule has 1 aliphatic rings. The third-order valence-electron chi connectivity index (χ3n) is 4.04. The molecular formula is C16H18N2O3. The van der Waals surface area contributed by atoms with Crippen molar-refractivity contribution >= 4 is 16.8 Å². The number of aromatic nitrogens is 1. The molecule has 1 aliphatic heterocycles. The maximum atomic E-state index is 12.7. The second-order valence-electron chi connectivity index (χ2n) is 5.32. The maximum Gasteiger partial charge on any atom is 0.254 e. The van der Waals surface area contributed by atoms with Crippen LogP contribution in [0.25, 0.3) is 10.9 Å². The fraction of sp³-hybridized carbons (Fsp3) is 0.375. The molecule has 0 atom stereocenters. The van der Waals surface area contributed by atoms with Crippen molar-refractivity contribution in [2.45, 2.75) is 18.9 Å². The number of nitrogens with zero attached hydrogens (tertiary/aromatic N) is 1. The zero-order valence-corrected chi connectivity index (χ0v) is 12.0. The second kappa shape index (κ2) is 5.69. The molecule has 3 rings (SSSR count). The minimum atomic E-state index is -0.246. The topological polar surface area (TPSA) is 62.4 Å². The number of methoxy groups -OCH3 is 1. The van der Waals surface area contributed by atoms with Gasteiger partial charge in [0.05, 0.1) is 11.7 Å². The molecule has 0 unspecified atom stereocenters. The van der Waals surface area contributed by atoms with Crippen LogP contribution in [-0.2, 0) is 4.74 Å². The van der Waals surface area contributed by atoms with E-state index in [0.717, 1.165) is 18.2 Å². The van der Waals surface area contributed by atoms with Gasteiger partial charge in [-0.15, -0.1) is 0 Å². The second-order valence-corrected chi connectivity index (χ2v) is 5.32. The molecule has 0 spiro atoms. The highest BCUT2D eigenvalue weighted by Gasteiger charge is 2.24. The lowest BCUT2D eigenvalue weighted by atomic mass is 10.0. The molecule has 0 bridgehead atoms. The Morgan fingerprint density at radius 2 is 2.00 bits per heavy atom. The van der Waals surface area contributed by atoms with Crippen LogP contribution in [0.2, 0.25) is 0 Å². The molecule has 5 heteroatoms. The molecule has 21 heavy (non-hydrogen) atoms. The predicted molar refractivity (Wildman–Crippen MR) is 80.5 cm³/mol. The first-order valence-electron chi connectivity index (χ1n) is 7.13. The third kappa shape index (κ3) is 2.69. The number of carbonyl (C=O) groups excluding carboxylic acids is 1. The number of benzene rings is 1. The number of para-hydroxylation sites is 1. The summed E-state index contributed by atoms with van der Waals surface area (Å²) in [7, 11) is 1.70. The van der Waals surface area contributed by atoms with Crippen LogP contribution in [0.3, 0.4) is 0 Å². The van der Waals surface area contributed by atoms with E-state index < -0.39 is 0 Å². The summed E-state index contributed by atoms with van der Waals surface area (Å²) in [6.07, 6.45) is 1.90. The number of likely N-dealkylation sites (tertiary alicyclic amines) is 1. The van der Waals surface area contributed by atoms with E-state index in [9.17, 15) is 9.59 Å². The van der Waals surface area contributed by atoms with Crippen LogP contribution < -0.4 is 5.56 Å². The van der Waals surface area contributed by atoms with Gasteiger partial charge in [-0.25, -0.2) is 0 Å². The Kier molecular flexibility index (Phi) is 3.75.